The van der Waals surface area contributed by atoms with Crippen LogP contribution in [0.2, 0.25) is 0 Å². The Labute approximate surface area is 374 Å². The van der Waals surface area contributed by atoms with Gasteiger partial charge in [0, 0.05) is 25.7 Å². The van der Waals surface area contributed by atoms with Gasteiger partial charge in [0.15, 0.2) is 0 Å². The maximum absolute atomic E-state index is 2.48. The summed E-state index contributed by atoms with van der Waals surface area (Å²) in [7, 11) is 0. The molecule has 0 spiro atoms. The minimum Gasteiger partial charge on any atom is -0.135 e. The molecule has 0 amide bonds. The molecule has 0 unspecified atom stereocenters. The lowest BCUT2D eigenvalue weighted by atomic mass is 9.82. The second-order valence-electron chi connectivity index (χ2n) is 17.5. The van der Waals surface area contributed by atoms with E-state index in [1.165, 1.54) is 146 Å². The summed E-state index contributed by atoms with van der Waals surface area (Å²) in [4.78, 5) is 0. The molecule has 1 heteroatoms. The Hall–Kier alpha value is -7.84. The highest BCUT2D eigenvalue weighted by Crippen LogP contribution is 2.59. The summed E-state index contributed by atoms with van der Waals surface area (Å²) in [5.41, 5.74) is 16.6. The molecule has 0 fully saturated rings. The molecule has 0 bridgehead atoms. The number of benzene rings is 12. The summed E-state index contributed by atoms with van der Waals surface area (Å²) in [6, 6.07) is 79.9. The van der Waals surface area contributed by atoms with Crippen LogP contribution in [0.15, 0.2) is 212 Å². The molecule has 0 atom stereocenters. The molecule has 1 aliphatic carbocycles. The highest BCUT2D eigenvalue weighted by atomic mass is 32.1. The predicted octanol–water partition coefficient (Wildman–Crippen LogP) is 18.4. The van der Waals surface area contributed by atoms with E-state index in [0.717, 1.165) is 0 Å². The molecule has 0 N–H and O–H groups in total. The van der Waals surface area contributed by atoms with E-state index in [1.807, 2.05) is 11.3 Å². The van der Waals surface area contributed by atoms with Gasteiger partial charge in [-0.15, -0.1) is 11.3 Å². The minimum absolute atomic E-state index is 1.23. The molecule has 14 rings (SSSR count). The van der Waals surface area contributed by atoms with Crippen molar-refractivity contribution in [2.75, 3.05) is 0 Å². The number of hydrogen-bond donors (Lipinski definition) is 0. The number of fused-ring (bicyclic) bond motifs is 13. The first-order valence-electron chi connectivity index (χ1n) is 22.2. The van der Waals surface area contributed by atoms with E-state index in [-0.39, 0.29) is 0 Å². The van der Waals surface area contributed by atoms with Crippen LogP contribution in [-0.2, 0) is 0 Å². The van der Waals surface area contributed by atoms with Crippen molar-refractivity contribution >= 4 is 85.4 Å². The number of hydrogen-bond acceptors (Lipinski definition) is 1. The van der Waals surface area contributed by atoms with Crippen LogP contribution in [0.5, 0.6) is 0 Å². The second-order valence-corrected chi connectivity index (χ2v) is 18.6. The first-order chi connectivity index (χ1) is 31.7. The van der Waals surface area contributed by atoms with Crippen molar-refractivity contribution in [3.05, 3.63) is 218 Å². The van der Waals surface area contributed by atoms with Gasteiger partial charge < -0.3 is 0 Å². The Kier molecular flexibility index (Phi) is 7.58. The predicted molar refractivity (Wildman–Crippen MR) is 278 cm³/mol. The molecule has 296 valence electrons. The number of thiophene rings is 1. The van der Waals surface area contributed by atoms with Crippen LogP contribution in [0.4, 0.5) is 0 Å². The molecule has 0 radical (unpaired) electrons. The van der Waals surface area contributed by atoms with Crippen molar-refractivity contribution in [1.29, 1.82) is 0 Å². The zero-order chi connectivity index (χ0) is 42.0. The third kappa shape index (κ3) is 5.05. The van der Waals surface area contributed by atoms with E-state index in [0.29, 0.717) is 0 Å². The normalized spacial score (nSPS) is 12.1. The van der Waals surface area contributed by atoms with E-state index in [2.05, 4.69) is 219 Å². The topological polar surface area (TPSA) is 0 Å². The van der Waals surface area contributed by atoms with Crippen molar-refractivity contribution < 1.29 is 0 Å². The van der Waals surface area contributed by atoms with Gasteiger partial charge in [0.1, 0.15) is 0 Å². The summed E-state index contributed by atoms with van der Waals surface area (Å²) in [5.74, 6) is 0. The van der Waals surface area contributed by atoms with Crippen LogP contribution in [0.25, 0.3) is 141 Å². The van der Waals surface area contributed by atoms with E-state index >= 15 is 0 Å². The highest BCUT2D eigenvalue weighted by molar-refractivity contribution is 7.26. The van der Waals surface area contributed by atoms with Gasteiger partial charge in [-0.2, -0.15) is 0 Å². The molecule has 0 saturated carbocycles. The van der Waals surface area contributed by atoms with Crippen molar-refractivity contribution in [3.63, 3.8) is 0 Å². The molecule has 0 saturated heterocycles. The van der Waals surface area contributed by atoms with Crippen molar-refractivity contribution in [2.45, 2.75) is 6.92 Å². The number of rotatable bonds is 4. The molecule has 1 aliphatic rings. The van der Waals surface area contributed by atoms with Gasteiger partial charge in [-0.05, 0) is 146 Å². The van der Waals surface area contributed by atoms with Crippen LogP contribution >= 0.6 is 11.3 Å². The molecule has 64 heavy (non-hydrogen) atoms. The quantitative estimate of drug-likeness (QED) is 0.155. The summed E-state index contributed by atoms with van der Waals surface area (Å²) in [5, 5.41) is 15.6. The molecule has 1 aromatic heterocycles. The molecule has 0 nitrogen and oxygen atoms in total. The number of aryl methyl sites for hydroxylation is 1. The van der Waals surface area contributed by atoms with E-state index in [4.69, 9.17) is 0 Å². The molecular weight excluding hydrogens is 789 g/mol. The van der Waals surface area contributed by atoms with Crippen LogP contribution in [0, 0.1) is 6.92 Å². The average molecular weight is 827 g/mol. The fourth-order valence-corrected chi connectivity index (χ4v) is 12.5. The average Bonchev–Trinajstić information content (AvgIpc) is 3.90. The van der Waals surface area contributed by atoms with Crippen LogP contribution in [-0.4, -0.2) is 0 Å². The Bertz CT molecular complexity index is 4080. The molecular formula is C63H38S. The third-order valence-corrected chi connectivity index (χ3v) is 15.3. The van der Waals surface area contributed by atoms with Gasteiger partial charge in [0.25, 0.3) is 0 Å². The van der Waals surface area contributed by atoms with Crippen LogP contribution < -0.4 is 0 Å². The summed E-state index contributed by atoms with van der Waals surface area (Å²) < 4.78 is 2.64. The maximum atomic E-state index is 2.48. The lowest BCUT2D eigenvalue weighted by Gasteiger charge is -2.20. The molecule has 13 aromatic rings. The fraction of sp³-hybridized carbons (Fsp3) is 0.0159. The van der Waals surface area contributed by atoms with Crippen molar-refractivity contribution in [3.8, 4) is 66.8 Å². The monoisotopic (exact) mass is 826 g/mol. The highest BCUT2D eigenvalue weighted by Gasteiger charge is 2.31. The lowest BCUT2D eigenvalue weighted by molar-refractivity contribution is 1.47. The molecule has 1 heterocycles. The van der Waals surface area contributed by atoms with Crippen LogP contribution in [0.3, 0.4) is 0 Å². The smallest absolute Gasteiger partial charge is 0.0434 e. The first-order valence-corrected chi connectivity index (χ1v) is 23.1. The Morgan fingerprint density at radius 2 is 0.766 bits per heavy atom. The van der Waals surface area contributed by atoms with Crippen LogP contribution in [0.1, 0.15) is 5.56 Å². The molecule has 0 aliphatic heterocycles. The van der Waals surface area contributed by atoms with E-state index in [1.54, 1.807) is 0 Å². The van der Waals surface area contributed by atoms with E-state index < -0.39 is 0 Å². The summed E-state index contributed by atoms with van der Waals surface area (Å²) >= 11 is 1.91. The largest absolute Gasteiger partial charge is 0.135 e. The van der Waals surface area contributed by atoms with Gasteiger partial charge in [0.2, 0.25) is 0 Å². The Morgan fingerprint density at radius 1 is 0.266 bits per heavy atom. The lowest BCUT2D eigenvalue weighted by Crippen LogP contribution is -1.93. The zero-order valence-electron chi connectivity index (χ0n) is 35.1. The minimum atomic E-state index is 1.23. The Balaban J connectivity index is 1.07. The van der Waals surface area contributed by atoms with Crippen molar-refractivity contribution in [2.24, 2.45) is 0 Å². The summed E-state index contributed by atoms with van der Waals surface area (Å²) in [6.07, 6.45) is 0. The first kappa shape index (κ1) is 35.7. The van der Waals surface area contributed by atoms with Gasteiger partial charge in [-0.25, -0.2) is 0 Å². The zero-order valence-corrected chi connectivity index (χ0v) is 35.9. The molecule has 12 aromatic carbocycles. The van der Waals surface area contributed by atoms with Gasteiger partial charge >= 0.3 is 0 Å². The van der Waals surface area contributed by atoms with E-state index in [9.17, 15) is 0 Å². The fourth-order valence-electron chi connectivity index (χ4n) is 11.2. The Morgan fingerprint density at radius 3 is 1.45 bits per heavy atom. The standard InChI is InChI=1S/C63H38S/c1-37-26-28-39(29-27-37)59-51-22-10-9-21-50(51)58(38-14-3-2-4-15-38)61-52-24-13-23-49-47(32-33-53(60(49)52)62(59)61)55-35-41(36-56-48-20-11-12-25-57(48)64-63(55)56)40-30-31-46-44-18-6-5-16-42(44)43-17-7-8-19-45(43)54(46)34-40/h2-36H,1H3. The van der Waals surface area contributed by atoms with Gasteiger partial charge in [0.05, 0.1) is 0 Å². The van der Waals surface area contributed by atoms with Gasteiger partial charge in [-0.3, -0.25) is 0 Å². The van der Waals surface area contributed by atoms with Crippen molar-refractivity contribution in [1.82, 2.24) is 0 Å². The van der Waals surface area contributed by atoms with Gasteiger partial charge in [-0.1, -0.05) is 194 Å². The third-order valence-electron chi connectivity index (χ3n) is 14.0. The maximum Gasteiger partial charge on any atom is 0.0434 e. The summed E-state index contributed by atoms with van der Waals surface area (Å²) in [6.45, 7) is 2.18. The second kappa shape index (κ2) is 13.6. The SMILES string of the molecule is Cc1ccc(-c2c3c(c(-c4ccccc4)c4ccccc24)-c2cccc4c(-c5cc(-c6ccc7c8ccccc8c8ccccc8c7c6)cc6c5sc5ccccc56)ccc-3c24)cc1.